The largest absolute Gasteiger partial charge is 0.246 e. The summed E-state index contributed by atoms with van der Waals surface area (Å²) in [6.07, 6.45) is 17.4. The van der Waals surface area contributed by atoms with Crippen molar-refractivity contribution in [3.63, 3.8) is 0 Å². The lowest BCUT2D eigenvalue weighted by Gasteiger charge is -2.42. The Morgan fingerprint density at radius 2 is 1.20 bits per heavy atom. The van der Waals surface area contributed by atoms with Gasteiger partial charge in [-0.1, -0.05) is 38.5 Å². The summed E-state index contributed by atoms with van der Waals surface area (Å²) in [5.41, 5.74) is 0. The Kier molecular flexibility index (Phi) is 6.81. The van der Waals surface area contributed by atoms with Gasteiger partial charge in [0.05, 0.1) is 5.92 Å². The number of hydrogen-bond acceptors (Lipinski definition) is 0. The van der Waals surface area contributed by atoms with Crippen LogP contribution in [-0.4, -0.2) is 12.3 Å². The Labute approximate surface area is 153 Å². The molecule has 0 amide bonds. The zero-order valence-corrected chi connectivity index (χ0v) is 15.9. The van der Waals surface area contributed by atoms with Gasteiger partial charge in [0, 0.05) is 0 Å². The van der Waals surface area contributed by atoms with Gasteiger partial charge < -0.3 is 0 Å². The molecule has 0 heterocycles. The van der Waals surface area contributed by atoms with Gasteiger partial charge in [-0.05, 0) is 81.0 Å². The molecule has 0 saturated heterocycles. The Balaban J connectivity index is 1.44. The Morgan fingerprint density at radius 3 is 1.64 bits per heavy atom. The number of halogens is 2. The molecule has 3 fully saturated rings. The first kappa shape index (κ1) is 19.2. The number of terminal acetylenes is 1. The second kappa shape index (κ2) is 8.88. The topological polar surface area (TPSA) is 0 Å². The molecule has 25 heavy (non-hydrogen) atoms. The molecule has 3 aliphatic carbocycles. The SMILES string of the molecule is C#CC1C(F)CC(C2CCC(C3CCC(CCC)CC3)CC2)CC1F. The van der Waals surface area contributed by atoms with Gasteiger partial charge in [-0.15, -0.1) is 6.42 Å². The minimum absolute atomic E-state index is 0.218. The third-order valence-electron chi connectivity index (χ3n) is 7.77. The lowest BCUT2D eigenvalue weighted by Crippen LogP contribution is -2.38. The molecule has 0 aromatic rings. The second-order valence-corrected chi connectivity index (χ2v) is 9.20. The lowest BCUT2D eigenvalue weighted by atomic mass is 9.64. The van der Waals surface area contributed by atoms with E-state index in [9.17, 15) is 8.78 Å². The molecule has 0 spiro atoms. The van der Waals surface area contributed by atoms with Crippen molar-refractivity contribution < 1.29 is 8.78 Å². The van der Waals surface area contributed by atoms with Crippen LogP contribution in [0.4, 0.5) is 8.78 Å². The van der Waals surface area contributed by atoms with E-state index in [1.165, 1.54) is 64.2 Å². The van der Waals surface area contributed by atoms with Gasteiger partial charge in [-0.3, -0.25) is 0 Å². The standard InChI is InChI=1S/C23H36F2/c1-3-5-16-6-8-17(9-7-16)18-10-12-19(13-11-18)20-14-22(24)21(4-2)23(25)15-20/h2,16-23H,3,5-15H2,1H3. The molecular weight excluding hydrogens is 314 g/mol. The predicted molar refractivity (Wildman–Crippen MR) is 101 cm³/mol. The fourth-order valence-corrected chi connectivity index (χ4v) is 6.23. The molecular formula is C23H36F2. The van der Waals surface area contributed by atoms with Gasteiger partial charge in [-0.25, -0.2) is 8.78 Å². The van der Waals surface area contributed by atoms with E-state index < -0.39 is 18.3 Å². The molecule has 142 valence electrons. The van der Waals surface area contributed by atoms with E-state index in [0.717, 1.165) is 17.8 Å². The van der Waals surface area contributed by atoms with Crippen molar-refractivity contribution in [2.45, 2.75) is 96.3 Å². The first-order valence-electron chi connectivity index (χ1n) is 10.9. The Bertz CT molecular complexity index is 425. The van der Waals surface area contributed by atoms with Crippen molar-refractivity contribution in [1.82, 2.24) is 0 Å². The molecule has 2 unspecified atom stereocenters. The molecule has 0 aromatic carbocycles. The highest BCUT2D eigenvalue weighted by Crippen LogP contribution is 2.47. The maximum atomic E-state index is 14.2. The zero-order chi connectivity index (χ0) is 17.8. The van der Waals surface area contributed by atoms with E-state index in [1.807, 2.05) is 0 Å². The Morgan fingerprint density at radius 1 is 0.760 bits per heavy atom. The van der Waals surface area contributed by atoms with Crippen LogP contribution in [-0.2, 0) is 0 Å². The van der Waals surface area contributed by atoms with Crippen LogP contribution in [0.3, 0.4) is 0 Å². The summed E-state index contributed by atoms with van der Waals surface area (Å²) in [5, 5.41) is 0. The molecule has 0 radical (unpaired) electrons. The average Bonchev–Trinajstić information content (AvgIpc) is 2.62. The highest BCUT2D eigenvalue weighted by Gasteiger charge is 2.41. The summed E-state index contributed by atoms with van der Waals surface area (Å²) in [6, 6.07) is 0. The summed E-state index contributed by atoms with van der Waals surface area (Å²) < 4.78 is 28.4. The average molecular weight is 351 g/mol. The van der Waals surface area contributed by atoms with Gasteiger partial charge in [0.2, 0.25) is 0 Å². The molecule has 3 saturated carbocycles. The quantitative estimate of drug-likeness (QED) is 0.493. The summed E-state index contributed by atoms with van der Waals surface area (Å²) in [5.74, 6) is 5.07. The first-order chi connectivity index (χ1) is 12.1. The molecule has 0 aliphatic heterocycles. The van der Waals surface area contributed by atoms with Crippen LogP contribution < -0.4 is 0 Å². The fourth-order valence-electron chi connectivity index (χ4n) is 6.23. The van der Waals surface area contributed by atoms with Crippen molar-refractivity contribution in [3.05, 3.63) is 0 Å². The number of rotatable bonds is 4. The van der Waals surface area contributed by atoms with E-state index in [2.05, 4.69) is 12.8 Å². The van der Waals surface area contributed by atoms with Crippen molar-refractivity contribution >= 4 is 0 Å². The highest BCUT2D eigenvalue weighted by atomic mass is 19.1. The molecule has 0 N–H and O–H groups in total. The van der Waals surface area contributed by atoms with E-state index in [1.54, 1.807) is 0 Å². The van der Waals surface area contributed by atoms with Crippen molar-refractivity contribution in [3.8, 4) is 12.3 Å². The van der Waals surface area contributed by atoms with Gasteiger partial charge in [0.15, 0.2) is 0 Å². The van der Waals surface area contributed by atoms with Gasteiger partial charge in [0.1, 0.15) is 12.3 Å². The van der Waals surface area contributed by atoms with Crippen LogP contribution in [0, 0.1) is 47.9 Å². The molecule has 0 bridgehead atoms. The van der Waals surface area contributed by atoms with Crippen LogP contribution in [0.5, 0.6) is 0 Å². The van der Waals surface area contributed by atoms with Crippen LogP contribution in [0.15, 0.2) is 0 Å². The monoisotopic (exact) mass is 350 g/mol. The summed E-state index contributed by atoms with van der Waals surface area (Å²) in [6.45, 7) is 2.30. The Hall–Kier alpha value is -0.580. The highest BCUT2D eigenvalue weighted by molar-refractivity contribution is 5.05. The van der Waals surface area contributed by atoms with Crippen LogP contribution in [0.1, 0.15) is 84.0 Å². The van der Waals surface area contributed by atoms with E-state index in [0.29, 0.717) is 18.8 Å². The van der Waals surface area contributed by atoms with Crippen molar-refractivity contribution in [2.75, 3.05) is 0 Å². The lowest BCUT2D eigenvalue weighted by molar-refractivity contribution is 0.0324. The third-order valence-corrected chi connectivity index (χ3v) is 7.77. The summed E-state index contributed by atoms with van der Waals surface area (Å²) >= 11 is 0. The second-order valence-electron chi connectivity index (χ2n) is 9.20. The van der Waals surface area contributed by atoms with Crippen molar-refractivity contribution in [2.24, 2.45) is 35.5 Å². The number of hydrogen-bond donors (Lipinski definition) is 0. The molecule has 0 nitrogen and oxygen atoms in total. The third kappa shape index (κ3) is 4.58. The van der Waals surface area contributed by atoms with E-state index in [-0.39, 0.29) is 5.92 Å². The minimum atomic E-state index is -1.13. The van der Waals surface area contributed by atoms with Gasteiger partial charge in [-0.2, -0.15) is 0 Å². The van der Waals surface area contributed by atoms with Crippen LogP contribution in [0.2, 0.25) is 0 Å². The summed E-state index contributed by atoms with van der Waals surface area (Å²) in [7, 11) is 0. The summed E-state index contributed by atoms with van der Waals surface area (Å²) in [4.78, 5) is 0. The maximum absolute atomic E-state index is 14.2. The zero-order valence-electron chi connectivity index (χ0n) is 15.9. The fraction of sp³-hybridized carbons (Fsp3) is 0.913. The molecule has 0 aromatic heterocycles. The molecule has 3 rings (SSSR count). The maximum Gasteiger partial charge on any atom is 0.117 e. The van der Waals surface area contributed by atoms with E-state index in [4.69, 9.17) is 6.42 Å². The normalized spacial score (nSPS) is 45.7. The molecule has 2 atom stereocenters. The minimum Gasteiger partial charge on any atom is -0.246 e. The molecule has 3 aliphatic rings. The first-order valence-corrected chi connectivity index (χ1v) is 10.9. The molecule has 2 heteroatoms. The van der Waals surface area contributed by atoms with Gasteiger partial charge in [0.25, 0.3) is 0 Å². The smallest absolute Gasteiger partial charge is 0.117 e. The predicted octanol–water partition coefficient (Wildman–Crippen LogP) is 6.73. The van der Waals surface area contributed by atoms with Crippen LogP contribution >= 0.6 is 0 Å². The van der Waals surface area contributed by atoms with Gasteiger partial charge >= 0.3 is 0 Å². The van der Waals surface area contributed by atoms with Crippen molar-refractivity contribution in [1.29, 1.82) is 0 Å². The number of alkyl halides is 2. The van der Waals surface area contributed by atoms with Crippen LogP contribution in [0.25, 0.3) is 0 Å². The van der Waals surface area contributed by atoms with E-state index >= 15 is 0 Å².